The maximum absolute atomic E-state index is 11.7. The first kappa shape index (κ1) is 22.5. The summed E-state index contributed by atoms with van der Waals surface area (Å²) >= 11 is 0. The standard InChI is InChI=1S/C17H21BN4O6/c18-11-5-7-12(8-6-11)21-16(27)19-9-3-1-2-4-13(15(25)26)22-17(28)20-10-14(23)24/h2,4-8,13H,1,3,9-10H2,(H,23,24)(H,25,26)(H2,19,21,27)(H2,20,22,28)/b4-2-/t13-/m0/s1. The van der Waals surface area contributed by atoms with Gasteiger partial charge in [0.05, 0.1) is 0 Å². The molecule has 148 valence electrons. The normalized spacial score (nSPS) is 11.4. The molecule has 0 heterocycles. The predicted octanol–water partition coefficient (Wildman–Crippen LogP) is -0.225. The first-order chi connectivity index (χ1) is 13.3. The van der Waals surface area contributed by atoms with Crippen LogP contribution in [0.25, 0.3) is 0 Å². The monoisotopic (exact) mass is 388 g/mol. The van der Waals surface area contributed by atoms with Crippen LogP contribution in [0.5, 0.6) is 0 Å². The van der Waals surface area contributed by atoms with Gasteiger partial charge in [-0.25, -0.2) is 14.4 Å². The number of carboxylic acids is 2. The highest BCUT2D eigenvalue weighted by Crippen LogP contribution is 2.03. The molecule has 0 aliphatic heterocycles. The Morgan fingerprint density at radius 1 is 1.04 bits per heavy atom. The molecular formula is C17H21BN4O6. The van der Waals surface area contributed by atoms with Gasteiger partial charge in [0, 0.05) is 12.2 Å². The molecular weight excluding hydrogens is 367 g/mol. The minimum Gasteiger partial charge on any atom is -0.480 e. The predicted molar refractivity (Wildman–Crippen MR) is 103 cm³/mol. The summed E-state index contributed by atoms with van der Waals surface area (Å²) in [5, 5.41) is 26.9. The second-order valence-electron chi connectivity index (χ2n) is 5.61. The zero-order chi connectivity index (χ0) is 20.9. The lowest BCUT2D eigenvalue weighted by molar-refractivity contribution is -0.138. The van der Waals surface area contributed by atoms with Gasteiger partial charge in [-0.3, -0.25) is 4.79 Å². The zero-order valence-electron chi connectivity index (χ0n) is 15.0. The van der Waals surface area contributed by atoms with Crippen LogP contribution >= 0.6 is 0 Å². The van der Waals surface area contributed by atoms with E-state index >= 15 is 0 Å². The molecule has 0 bridgehead atoms. The molecule has 1 rings (SSSR count). The van der Waals surface area contributed by atoms with E-state index in [2.05, 4.69) is 16.0 Å². The number of unbranched alkanes of at least 4 members (excludes halogenated alkanes) is 1. The largest absolute Gasteiger partial charge is 0.480 e. The second kappa shape index (κ2) is 12.0. The van der Waals surface area contributed by atoms with E-state index in [4.69, 9.17) is 18.1 Å². The van der Waals surface area contributed by atoms with Crippen LogP contribution in [-0.4, -0.2) is 61.2 Å². The lowest BCUT2D eigenvalue weighted by Gasteiger charge is -2.11. The van der Waals surface area contributed by atoms with E-state index in [9.17, 15) is 19.2 Å². The molecule has 0 unspecified atom stereocenters. The highest BCUT2D eigenvalue weighted by atomic mass is 16.4. The highest BCUT2D eigenvalue weighted by molar-refractivity contribution is 6.32. The molecule has 4 amide bonds. The highest BCUT2D eigenvalue weighted by Gasteiger charge is 2.16. The quantitative estimate of drug-likeness (QED) is 0.185. The minimum absolute atomic E-state index is 0.357. The van der Waals surface area contributed by atoms with Gasteiger partial charge in [0.1, 0.15) is 20.4 Å². The van der Waals surface area contributed by atoms with E-state index in [1.807, 2.05) is 5.32 Å². The fraction of sp³-hybridized carbons (Fsp3) is 0.294. The Morgan fingerprint density at radius 2 is 1.71 bits per heavy atom. The fourth-order valence-electron chi connectivity index (χ4n) is 1.94. The van der Waals surface area contributed by atoms with Crippen LogP contribution in [0.2, 0.25) is 0 Å². The van der Waals surface area contributed by atoms with E-state index in [-0.39, 0.29) is 6.03 Å². The summed E-state index contributed by atoms with van der Waals surface area (Å²) in [4.78, 5) is 44.6. The Kier molecular flexibility index (Phi) is 9.66. The minimum atomic E-state index is -1.30. The van der Waals surface area contributed by atoms with Gasteiger partial charge in [-0.1, -0.05) is 29.7 Å². The van der Waals surface area contributed by atoms with Gasteiger partial charge in [0.2, 0.25) is 0 Å². The third-order valence-electron chi connectivity index (χ3n) is 3.28. The summed E-state index contributed by atoms with van der Waals surface area (Å²) < 4.78 is 0. The van der Waals surface area contributed by atoms with Crippen molar-refractivity contribution >= 4 is 43.0 Å². The molecule has 6 N–H and O–H groups in total. The summed E-state index contributed by atoms with van der Waals surface area (Å²) in [5.41, 5.74) is 1.19. The van der Waals surface area contributed by atoms with Crippen LogP contribution in [0.1, 0.15) is 12.8 Å². The van der Waals surface area contributed by atoms with E-state index in [0.717, 1.165) is 0 Å². The van der Waals surface area contributed by atoms with Gasteiger partial charge < -0.3 is 31.5 Å². The molecule has 1 aromatic carbocycles. The van der Waals surface area contributed by atoms with Crippen molar-refractivity contribution in [3.05, 3.63) is 36.4 Å². The molecule has 28 heavy (non-hydrogen) atoms. The van der Waals surface area contributed by atoms with Crippen LogP contribution < -0.4 is 26.7 Å². The van der Waals surface area contributed by atoms with Crippen molar-refractivity contribution in [2.24, 2.45) is 0 Å². The van der Waals surface area contributed by atoms with Crippen LogP contribution in [0, 0.1) is 0 Å². The third kappa shape index (κ3) is 9.85. The SMILES string of the molecule is [B]c1ccc(NC(=O)NCCC/C=C\[C@H](NC(=O)NCC(=O)O)C(=O)O)cc1. The second-order valence-corrected chi connectivity index (χ2v) is 5.61. The number of aliphatic carboxylic acids is 2. The smallest absolute Gasteiger partial charge is 0.330 e. The molecule has 0 fully saturated rings. The van der Waals surface area contributed by atoms with E-state index in [0.29, 0.717) is 30.5 Å². The number of allylic oxidation sites excluding steroid dienone is 1. The van der Waals surface area contributed by atoms with Crippen LogP contribution in [0.15, 0.2) is 36.4 Å². The summed E-state index contributed by atoms with van der Waals surface area (Å²) in [6.45, 7) is -0.263. The number of carbonyl (C=O) groups excluding carboxylic acids is 2. The number of nitrogens with one attached hydrogen (secondary N) is 4. The molecule has 0 aliphatic rings. The first-order valence-electron chi connectivity index (χ1n) is 8.34. The third-order valence-corrected chi connectivity index (χ3v) is 3.28. The van der Waals surface area contributed by atoms with Crippen molar-refractivity contribution < 1.29 is 29.4 Å². The van der Waals surface area contributed by atoms with Gasteiger partial charge in [0.15, 0.2) is 0 Å². The van der Waals surface area contributed by atoms with Crippen LogP contribution in [0.4, 0.5) is 15.3 Å². The van der Waals surface area contributed by atoms with Crippen molar-refractivity contribution in [1.29, 1.82) is 0 Å². The van der Waals surface area contributed by atoms with Crippen LogP contribution in [-0.2, 0) is 9.59 Å². The number of carboxylic acid groups (broad SMARTS) is 2. The topological polar surface area (TPSA) is 157 Å². The van der Waals surface area contributed by atoms with Crippen LogP contribution in [0.3, 0.4) is 0 Å². The molecule has 0 aliphatic carbocycles. The molecule has 0 aromatic heterocycles. The molecule has 0 spiro atoms. The number of rotatable bonds is 10. The maximum Gasteiger partial charge on any atom is 0.330 e. The molecule has 11 heteroatoms. The van der Waals surface area contributed by atoms with Gasteiger partial charge in [0.25, 0.3) is 0 Å². The number of urea groups is 2. The number of anilines is 1. The summed E-state index contributed by atoms with van der Waals surface area (Å²) in [6.07, 6.45) is 3.83. The van der Waals surface area contributed by atoms with Crippen molar-refractivity contribution in [3.8, 4) is 0 Å². The Labute approximate surface area is 162 Å². The van der Waals surface area contributed by atoms with Crippen molar-refractivity contribution in [3.63, 3.8) is 0 Å². The van der Waals surface area contributed by atoms with Crippen molar-refractivity contribution in [2.45, 2.75) is 18.9 Å². The van der Waals surface area contributed by atoms with Gasteiger partial charge in [-0.05, 0) is 25.0 Å². The zero-order valence-corrected chi connectivity index (χ0v) is 15.0. The van der Waals surface area contributed by atoms with Crippen molar-refractivity contribution in [1.82, 2.24) is 16.0 Å². The van der Waals surface area contributed by atoms with E-state index in [1.165, 1.54) is 6.08 Å². The summed E-state index contributed by atoms with van der Waals surface area (Å²) in [6, 6.07) is 4.09. The number of hydrogen-bond donors (Lipinski definition) is 6. The Bertz CT molecular complexity index is 723. The van der Waals surface area contributed by atoms with E-state index in [1.54, 1.807) is 30.3 Å². The Hall–Kier alpha value is -3.50. The lowest BCUT2D eigenvalue weighted by atomic mass is 9.96. The van der Waals surface area contributed by atoms with Gasteiger partial charge in [-0.15, -0.1) is 0 Å². The Balaban J connectivity index is 2.27. The average molecular weight is 388 g/mol. The summed E-state index contributed by atoms with van der Waals surface area (Å²) in [5.74, 6) is -2.53. The first-order valence-corrected chi connectivity index (χ1v) is 8.34. The molecule has 10 nitrogen and oxygen atoms in total. The molecule has 0 saturated heterocycles. The lowest BCUT2D eigenvalue weighted by Crippen LogP contribution is -2.46. The maximum atomic E-state index is 11.7. The fourth-order valence-corrected chi connectivity index (χ4v) is 1.94. The van der Waals surface area contributed by atoms with E-state index < -0.39 is 30.6 Å². The molecule has 0 saturated carbocycles. The molecule has 1 atom stereocenters. The number of amides is 4. The van der Waals surface area contributed by atoms with Crippen molar-refractivity contribution in [2.75, 3.05) is 18.4 Å². The molecule has 1 aromatic rings. The molecule has 2 radical (unpaired) electrons. The Morgan fingerprint density at radius 3 is 2.32 bits per heavy atom. The number of benzene rings is 1. The number of carbonyl (C=O) groups is 4. The number of hydrogen-bond acceptors (Lipinski definition) is 4. The summed E-state index contributed by atoms with van der Waals surface area (Å²) in [7, 11) is 5.56. The average Bonchev–Trinajstić information content (AvgIpc) is 2.63. The van der Waals surface area contributed by atoms with Gasteiger partial charge >= 0.3 is 24.0 Å². The van der Waals surface area contributed by atoms with Gasteiger partial charge in [-0.2, -0.15) is 0 Å².